The topological polar surface area (TPSA) is 108 Å². The second-order valence-electron chi connectivity index (χ2n) is 8.84. The molecule has 0 radical (unpaired) electrons. The second kappa shape index (κ2) is 6.80. The largest absolute Gasteiger partial charge is 0.481 e. The molecular weight excluding hydrogens is 436 g/mol. The molecule has 7 nitrogen and oxygen atoms in total. The fraction of sp³-hybridized carbons (Fsp3) is 0.455. The number of benzene rings is 1. The van der Waals surface area contributed by atoms with Crippen molar-refractivity contribution in [2.75, 3.05) is 6.54 Å². The molecule has 2 saturated carbocycles. The van der Waals surface area contributed by atoms with Crippen LogP contribution in [0.25, 0.3) is 0 Å². The van der Waals surface area contributed by atoms with Crippen molar-refractivity contribution in [3.05, 3.63) is 50.4 Å². The van der Waals surface area contributed by atoms with Crippen LogP contribution in [0.15, 0.2) is 40.2 Å². The molecule has 9 heteroatoms. The number of thioether (sulfide) groups is 1. The zero-order valence-corrected chi connectivity index (χ0v) is 18.0. The number of nitrogens with zero attached hydrogens (tertiary/aromatic N) is 1. The number of nitrogens with one attached hydrogen (secondary N) is 1. The number of likely N-dealkylation sites (tertiary alicyclic amines) is 1. The van der Waals surface area contributed by atoms with Crippen molar-refractivity contribution >= 4 is 40.9 Å². The Hall–Kier alpha value is -2.39. The van der Waals surface area contributed by atoms with Crippen LogP contribution >= 0.6 is 23.1 Å². The Morgan fingerprint density at radius 1 is 1.10 bits per heavy atom. The van der Waals surface area contributed by atoms with Crippen LogP contribution in [0.3, 0.4) is 0 Å². The number of carbonyl (C=O) groups is 3. The average Bonchev–Trinajstić information content (AvgIpc) is 3.46. The van der Waals surface area contributed by atoms with Crippen molar-refractivity contribution in [1.82, 2.24) is 9.88 Å². The number of fused-ring (bicyclic) bond motifs is 9. The number of rotatable bonds is 4. The predicted octanol–water partition coefficient (Wildman–Crippen LogP) is 2.38. The molecule has 2 bridgehead atoms. The van der Waals surface area contributed by atoms with Crippen molar-refractivity contribution < 1.29 is 19.5 Å². The molecule has 4 aliphatic rings. The minimum absolute atomic E-state index is 0.0262. The summed E-state index contributed by atoms with van der Waals surface area (Å²) in [5, 5.41) is 10.1. The van der Waals surface area contributed by atoms with E-state index in [0.29, 0.717) is 0 Å². The number of imide groups is 1. The standard InChI is InChI=1S/C22H20N2O5S2/c25-12(26)6-7-24-20(27)15-10-8-11(16(15)21(24)28)17-14(10)13(9-4-2-1-3-5-9)18-19(30-17)23-22(29)31-18/h1-5,10-11,13-17H,6-8H2,(H,23,29)(H,25,26)/t10-,11-,13+,14-,15+,16-,17-/m1/s1. The second-order valence-corrected chi connectivity index (χ2v) is 11.0. The number of thiazole rings is 1. The summed E-state index contributed by atoms with van der Waals surface area (Å²) in [7, 11) is 0. The van der Waals surface area contributed by atoms with Crippen LogP contribution in [0.1, 0.15) is 29.2 Å². The first kappa shape index (κ1) is 19.3. The Morgan fingerprint density at radius 2 is 1.81 bits per heavy atom. The Balaban J connectivity index is 1.41. The summed E-state index contributed by atoms with van der Waals surface area (Å²) in [5.74, 6) is -1.81. The zero-order valence-electron chi connectivity index (χ0n) is 16.4. The van der Waals surface area contributed by atoms with Gasteiger partial charge in [-0.15, -0.1) is 11.8 Å². The lowest BCUT2D eigenvalue weighted by Crippen LogP contribution is -2.42. The number of carboxylic acids is 1. The van der Waals surface area contributed by atoms with Gasteiger partial charge in [0.2, 0.25) is 11.8 Å². The van der Waals surface area contributed by atoms with Gasteiger partial charge < -0.3 is 10.1 Å². The summed E-state index contributed by atoms with van der Waals surface area (Å²) >= 11 is 2.91. The van der Waals surface area contributed by atoms with Crippen molar-refractivity contribution in [2.45, 2.75) is 29.0 Å². The zero-order chi connectivity index (χ0) is 21.4. The molecule has 3 fully saturated rings. The Morgan fingerprint density at radius 3 is 2.52 bits per heavy atom. The van der Waals surface area contributed by atoms with E-state index in [-0.39, 0.29) is 70.4 Å². The van der Waals surface area contributed by atoms with E-state index >= 15 is 0 Å². The summed E-state index contributed by atoms with van der Waals surface area (Å²) in [5.41, 5.74) is 1.14. The first-order valence-electron chi connectivity index (χ1n) is 10.5. The quantitative estimate of drug-likeness (QED) is 0.684. The number of carbonyl (C=O) groups excluding carboxylic acids is 2. The van der Waals surface area contributed by atoms with E-state index in [9.17, 15) is 19.2 Å². The summed E-state index contributed by atoms with van der Waals surface area (Å²) in [4.78, 5) is 54.7. The molecule has 6 rings (SSSR count). The van der Waals surface area contributed by atoms with Gasteiger partial charge in [0.05, 0.1) is 23.3 Å². The molecule has 0 spiro atoms. The van der Waals surface area contributed by atoms with Gasteiger partial charge in [0.1, 0.15) is 0 Å². The number of aromatic nitrogens is 1. The first-order valence-corrected chi connectivity index (χ1v) is 12.2. The number of hydrogen-bond acceptors (Lipinski definition) is 6. The normalized spacial score (nSPS) is 35.2. The number of hydrogen-bond donors (Lipinski definition) is 2. The van der Waals surface area contributed by atoms with Crippen LogP contribution < -0.4 is 4.87 Å². The van der Waals surface area contributed by atoms with Crippen LogP contribution in [0.4, 0.5) is 0 Å². The fourth-order valence-corrected chi connectivity index (χ4v) is 9.43. The first-order chi connectivity index (χ1) is 15.0. The van der Waals surface area contributed by atoms with Crippen molar-refractivity contribution in [1.29, 1.82) is 0 Å². The molecule has 2 amide bonds. The fourth-order valence-electron chi connectivity index (χ4n) is 6.54. The van der Waals surface area contributed by atoms with Gasteiger partial charge in [-0.1, -0.05) is 41.7 Å². The molecule has 2 N–H and O–H groups in total. The lowest BCUT2D eigenvalue weighted by atomic mass is 9.68. The molecule has 31 heavy (non-hydrogen) atoms. The van der Waals surface area contributed by atoms with Gasteiger partial charge in [0, 0.05) is 22.6 Å². The van der Waals surface area contributed by atoms with E-state index in [1.807, 2.05) is 18.2 Å². The third-order valence-electron chi connectivity index (χ3n) is 7.52. The smallest absolute Gasteiger partial charge is 0.305 e. The molecule has 2 aromatic rings. The highest BCUT2D eigenvalue weighted by atomic mass is 32.2. The van der Waals surface area contributed by atoms with Crippen LogP contribution in [0, 0.1) is 29.6 Å². The molecular formula is C22H20N2O5S2. The van der Waals surface area contributed by atoms with Crippen LogP contribution in [0.2, 0.25) is 0 Å². The Bertz CT molecular complexity index is 1160. The third-order valence-corrected chi connectivity index (χ3v) is 10.1. The van der Waals surface area contributed by atoms with Gasteiger partial charge in [-0.25, -0.2) is 0 Å². The van der Waals surface area contributed by atoms with Crippen LogP contribution in [-0.4, -0.2) is 44.6 Å². The van der Waals surface area contributed by atoms with Crippen molar-refractivity contribution in [3.63, 3.8) is 0 Å². The monoisotopic (exact) mass is 456 g/mol. The van der Waals surface area contributed by atoms with Crippen LogP contribution in [-0.2, 0) is 14.4 Å². The van der Waals surface area contributed by atoms with Gasteiger partial charge in [0.15, 0.2) is 0 Å². The molecule has 1 aromatic heterocycles. The van der Waals surface area contributed by atoms with Gasteiger partial charge >= 0.3 is 10.8 Å². The predicted molar refractivity (Wildman–Crippen MR) is 114 cm³/mol. The minimum Gasteiger partial charge on any atom is -0.481 e. The highest BCUT2D eigenvalue weighted by Crippen LogP contribution is 2.68. The highest BCUT2D eigenvalue weighted by molar-refractivity contribution is 8.00. The SMILES string of the molecule is O=C(O)CCN1C(=O)[C@@H]2[C@H]3C[C@@H]([C@@H]2C1=O)[C@@H]1[C@H](c2ccccc2)c2sc(=O)[nH]c2S[C@H]31. The molecule has 160 valence electrons. The molecule has 1 saturated heterocycles. The van der Waals surface area contributed by atoms with E-state index in [2.05, 4.69) is 17.1 Å². The van der Waals surface area contributed by atoms with Gasteiger partial charge in [-0.2, -0.15) is 0 Å². The molecule has 2 aliphatic carbocycles. The number of amides is 2. The number of H-pyrrole nitrogens is 1. The van der Waals surface area contributed by atoms with Gasteiger partial charge in [-0.05, 0) is 29.7 Å². The van der Waals surface area contributed by atoms with E-state index in [0.717, 1.165) is 21.9 Å². The van der Waals surface area contributed by atoms with Crippen molar-refractivity contribution in [3.8, 4) is 0 Å². The minimum atomic E-state index is -1.01. The molecule has 3 heterocycles. The van der Waals surface area contributed by atoms with E-state index < -0.39 is 5.97 Å². The van der Waals surface area contributed by atoms with Crippen LogP contribution in [0.5, 0.6) is 0 Å². The molecule has 2 aliphatic heterocycles. The number of carboxylic acid groups (broad SMARTS) is 1. The van der Waals surface area contributed by atoms with E-state index in [1.54, 1.807) is 11.8 Å². The van der Waals surface area contributed by atoms with Gasteiger partial charge in [0.25, 0.3) is 0 Å². The summed E-state index contributed by atoms with van der Waals surface area (Å²) in [6.45, 7) is -0.0509. The lowest BCUT2D eigenvalue weighted by molar-refractivity contribution is -0.142. The number of aliphatic carboxylic acids is 1. The molecule has 1 aromatic carbocycles. The summed E-state index contributed by atoms with van der Waals surface area (Å²) in [6, 6.07) is 10.1. The highest BCUT2D eigenvalue weighted by Gasteiger charge is 2.69. The maximum atomic E-state index is 13.2. The lowest BCUT2D eigenvalue weighted by Gasteiger charge is -2.43. The van der Waals surface area contributed by atoms with Gasteiger partial charge in [-0.3, -0.25) is 24.1 Å². The maximum absolute atomic E-state index is 13.2. The van der Waals surface area contributed by atoms with Crippen molar-refractivity contribution in [2.24, 2.45) is 29.6 Å². The summed E-state index contributed by atoms with van der Waals surface area (Å²) < 4.78 is 0. The van der Waals surface area contributed by atoms with E-state index in [4.69, 9.17) is 5.11 Å². The maximum Gasteiger partial charge on any atom is 0.305 e. The van der Waals surface area contributed by atoms with E-state index in [1.165, 1.54) is 16.2 Å². The number of aromatic amines is 1. The Labute approximate surface area is 185 Å². The molecule has 0 unspecified atom stereocenters. The average molecular weight is 457 g/mol. The summed E-state index contributed by atoms with van der Waals surface area (Å²) in [6.07, 6.45) is 0.615. The third kappa shape index (κ3) is 2.65. The molecule has 7 atom stereocenters. The Kier molecular flexibility index (Phi) is 4.24.